The number of benzene rings is 1. The Morgan fingerprint density at radius 3 is 2.67 bits per heavy atom. The molecule has 0 aliphatic heterocycles. The summed E-state index contributed by atoms with van der Waals surface area (Å²) in [7, 11) is 0. The van der Waals surface area contributed by atoms with E-state index in [1.165, 1.54) is 6.08 Å². The van der Waals surface area contributed by atoms with Gasteiger partial charge in [0.25, 0.3) is 0 Å². The second-order valence-electron chi connectivity index (χ2n) is 5.56. The van der Waals surface area contributed by atoms with Crippen LogP contribution in [0.4, 0.5) is 0 Å². The highest BCUT2D eigenvalue weighted by Gasteiger charge is 2.45. The molecule has 2 rings (SSSR count). The van der Waals surface area contributed by atoms with E-state index in [4.69, 9.17) is 11.6 Å². The van der Waals surface area contributed by atoms with Gasteiger partial charge in [0.05, 0.1) is 5.41 Å². The molecule has 2 atom stereocenters. The third-order valence-corrected chi connectivity index (χ3v) is 4.31. The van der Waals surface area contributed by atoms with E-state index in [-0.39, 0.29) is 11.9 Å². The third-order valence-electron chi connectivity index (χ3n) is 4.06. The van der Waals surface area contributed by atoms with Gasteiger partial charge in [-0.3, -0.25) is 9.59 Å². The molecule has 21 heavy (non-hydrogen) atoms. The van der Waals surface area contributed by atoms with E-state index in [0.717, 1.165) is 12.0 Å². The molecule has 0 spiro atoms. The highest BCUT2D eigenvalue weighted by atomic mass is 35.5. The summed E-state index contributed by atoms with van der Waals surface area (Å²) < 4.78 is 0. The van der Waals surface area contributed by atoms with Crippen molar-refractivity contribution in [1.82, 2.24) is 5.32 Å². The maximum atomic E-state index is 11.9. The van der Waals surface area contributed by atoms with Crippen molar-refractivity contribution < 1.29 is 14.7 Å². The van der Waals surface area contributed by atoms with Gasteiger partial charge in [0.2, 0.25) is 5.91 Å². The van der Waals surface area contributed by atoms with Crippen LogP contribution < -0.4 is 5.32 Å². The molecule has 2 unspecified atom stereocenters. The lowest BCUT2D eigenvalue weighted by molar-refractivity contribution is -0.148. The minimum Gasteiger partial charge on any atom is -0.481 e. The van der Waals surface area contributed by atoms with Crippen LogP contribution in [0.3, 0.4) is 0 Å². The van der Waals surface area contributed by atoms with E-state index in [1.54, 1.807) is 25.1 Å². The number of nitrogens with one attached hydrogen (secondary N) is 1. The predicted octanol–water partition coefficient (Wildman–Crippen LogP) is 3.11. The maximum absolute atomic E-state index is 11.9. The molecule has 2 N–H and O–H groups in total. The van der Waals surface area contributed by atoms with Crippen molar-refractivity contribution in [2.75, 3.05) is 0 Å². The summed E-state index contributed by atoms with van der Waals surface area (Å²) in [6.45, 7) is 1.69. The molecule has 0 radical (unpaired) electrons. The summed E-state index contributed by atoms with van der Waals surface area (Å²) in [5, 5.41) is 12.7. The number of carboxylic acids is 1. The van der Waals surface area contributed by atoms with Gasteiger partial charge in [-0.25, -0.2) is 0 Å². The second-order valence-corrected chi connectivity index (χ2v) is 6.00. The quantitative estimate of drug-likeness (QED) is 0.840. The van der Waals surface area contributed by atoms with Gasteiger partial charge in [0, 0.05) is 17.1 Å². The van der Waals surface area contributed by atoms with Crippen molar-refractivity contribution in [3.63, 3.8) is 0 Å². The van der Waals surface area contributed by atoms with Crippen molar-refractivity contribution in [3.05, 3.63) is 40.9 Å². The van der Waals surface area contributed by atoms with Gasteiger partial charge in [0.1, 0.15) is 0 Å². The predicted molar refractivity (Wildman–Crippen MR) is 82.0 cm³/mol. The van der Waals surface area contributed by atoms with E-state index in [1.807, 2.05) is 12.1 Å². The second kappa shape index (κ2) is 6.31. The molecule has 1 aromatic rings. The Kier molecular flexibility index (Phi) is 4.68. The average Bonchev–Trinajstić information content (AvgIpc) is 2.81. The van der Waals surface area contributed by atoms with Crippen LogP contribution >= 0.6 is 11.6 Å². The number of carbonyl (C=O) groups is 2. The maximum Gasteiger partial charge on any atom is 0.311 e. The summed E-state index contributed by atoms with van der Waals surface area (Å²) >= 11 is 5.79. The molecule has 0 bridgehead atoms. The Hall–Kier alpha value is -1.81. The van der Waals surface area contributed by atoms with Gasteiger partial charge in [-0.05, 0) is 43.5 Å². The van der Waals surface area contributed by atoms with Crippen LogP contribution in [0.2, 0.25) is 5.02 Å². The third kappa shape index (κ3) is 3.64. The summed E-state index contributed by atoms with van der Waals surface area (Å²) in [4.78, 5) is 23.3. The van der Waals surface area contributed by atoms with Crippen molar-refractivity contribution in [2.24, 2.45) is 5.41 Å². The minimum atomic E-state index is -0.871. The molecule has 4 nitrogen and oxygen atoms in total. The molecule has 1 amide bonds. The molecular formula is C16H18ClNO3. The highest BCUT2D eigenvalue weighted by Crippen LogP contribution is 2.38. The molecule has 112 valence electrons. The van der Waals surface area contributed by atoms with Crippen LogP contribution in [0.5, 0.6) is 0 Å². The van der Waals surface area contributed by atoms with Gasteiger partial charge < -0.3 is 10.4 Å². The lowest BCUT2D eigenvalue weighted by atomic mass is 9.85. The fourth-order valence-electron chi connectivity index (χ4n) is 2.62. The number of carbonyl (C=O) groups excluding carboxylic acids is 1. The zero-order valence-corrected chi connectivity index (χ0v) is 12.6. The van der Waals surface area contributed by atoms with Crippen LogP contribution in [-0.2, 0) is 9.59 Å². The summed E-state index contributed by atoms with van der Waals surface area (Å²) in [5.74, 6) is -1.13. The standard InChI is InChI=1S/C16H18ClNO3/c1-16(15(20)21)10-2-3-13(16)18-14(19)9-6-11-4-7-12(17)8-5-11/h4-9,13H,2-3,10H2,1H3,(H,18,19)(H,20,21)/b9-6+. The summed E-state index contributed by atoms with van der Waals surface area (Å²) in [6.07, 6.45) is 5.20. The fraction of sp³-hybridized carbons (Fsp3) is 0.375. The first-order valence-electron chi connectivity index (χ1n) is 6.89. The topological polar surface area (TPSA) is 66.4 Å². The SMILES string of the molecule is CC1(C(=O)O)CCCC1NC(=O)/C=C/c1ccc(Cl)cc1. The number of hydrogen-bond acceptors (Lipinski definition) is 2. The van der Waals surface area contributed by atoms with E-state index >= 15 is 0 Å². The lowest BCUT2D eigenvalue weighted by Gasteiger charge is -2.27. The van der Waals surface area contributed by atoms with E-state index in [2.05, 4.69) is 5.32 Å². The first-order valence-corrected chi connectivity index (χ1v) is 7.27. The Morgan fingerprint density at radius 1 is 1.38 bits per heavy atom. The van der Waals surface area contributed by atoms with E-state index < -0.39 is 11.4 Å². The molecule has 0 saturated heterocycles. The highest BCUT2D eigenvalue weighted by molar-refractivity contribution is 6.30. The largest absolute Gasteiger partial charge is 0.481 e. The number of halogens is 1. The van der Waals surface area contributed by atoms with Crippen LogP contribution in [0, 0.1) is 5.41 Å². The Morgan fingerprint density at radius 2 is 2.05 bits per heavy atom. The van der Waals surface area contributed by atoms with Crippen LogP contribution in [-0.4, -0.2) is 23.0 Å². The molecule has 1 fully saturated rings. The van der Waals surface area contributed by atoms with Crippen molar-refractivity contribution in [1.29, 1.82) is 0 Å². The Bertz CT molecular complexity index is 567. The lowest BCUT2D eigenvalue weighted by Crippen LogP contribution is -2.46. The zero-order valence-electron chi connectivity index (χ0n) is 11.8. The minimum absolute atomic E-state index is 0.274. The number of aliphatic carboxylic acids is 1. The van der Waals surface area contributed by atoms with Crippen LogP contribution in [0.1, 0.15) is 31.7 Å². The Labute approximate surface area is 128 Å². The smallest absolute Gasteiger partial charge is 0.311 e. The normalized spacial score (nSPS) is 25.1. The monoisotopic (exact) mass is 307 g/mol. The van der Waals surface area contributed by atoms with Crippen LogP contribution in [0.25, 0.3) is 6.08 Å². The van der Waals surface area contributed by atoms with E-state index in [0.29, 0.717) is 17.9 Å². The molecule has 1 saturated carbocycles. The van der Waals surface area contributed by atoms with Crippen molar-refractivity contribution in [3.8, 4) is 0 Å². The van der Waals surface area contributed by atoms with Gasteiger partial charge >= 0.3 is 5.97 Å². The summed E-state index contributed by atoms with van der Waals surface area (Å²) in [6, 6.07) is 6.79. The molecule has 0 aromatic heterocycles. The number of hydrogen-bond donors (Lipinski definition) is 2. The number of amides is 1. The van der Waals surface area contributed by atoms with Gasteiger partial charge in [-0.2, -0.15) is 0 Å². The molecule has 1 aromatic carbocycles. The van der Waals surface area contributed by atoms with Gasteiger partial charge in [-0.15, -0.1) is 0 Å². The van der Waals surface area contributed by atoms with E-state index in [9.17, 15) is 14.7 Å². The van der Waals surface area contributed by atoms with Crippen molar-refractivity contribution >= 4 is 29.6 Å². The first-order chi connectivity index (χ1) is 9.91. The molecule has 1 aliphatic carbocycles. The number of carboxylic acid groups (broad SMARTS) is 1. The Balaban J connectivity index is 1.98. The number of rotatable bonds is 4. The van der Waals surface area contributed by atoms with Gasteiger partial charge in [-0.1, -0.05) is 30.2 Å². The first kappa shape index (κ1) is 15.6. The molecular weight excluding hydrogens is 290 g/mol. The molecule has 1 aliphatic rings. The summed E-state index contributed by atoms with van der Waals surface area (Å²) in [5.41, 5.74) is -0.00832. The molecule has 5 heteroatoms. The van der Waals surface area contributed by atoms with Crippen LogP contribution in [0.15, 0.2) is 30.3 Å². The van der Waals surface area contributed by atoms with Gasteiger partial charge in [0.15, 0.2) is 0 Å². The zero-order chi connectivity index (χ0) is 15.5. The molecule has 0 heterocycles. The average molecular weight is 308 g/mol. The van der Waals surface area contributed by atoms with Crippen molar-refractivity contribution in [2.45, 2.75) is 32.2 Å². The fourth-order valence-corrected chi connectivity index (χ4v) is 2.75.